The van der Waals surface area contributed by atoms with Crippen molar-refractivity contribution in [2.75, 3.05) is 19.6 Å². The van der Waals surface area contributed by atoms with E-state index in [1.54, 1.807) is 4.90 Å². The van der Waals surface area contributed by atoms with E-state index in [0.29, 0.717) is 18.7 Å². The Kier molecular flexibility index (Phi) is 5.98. The maximum absolute atomic E-state index is 14.5. The van der Waals surface area contributed by atoms with Crippen LogP contribution in [0.5, 0.6) is 0 Å². The number of carbonyl (C=O) groups excluding carboxylic acids is 2. The van der Waals surface area contributed by atoms with Gasteiger partial charge in [0.2, 0.25) is 5.91 Å². The number of amides is 2. The predicted octanol–water partition coefficient (Wildman–Crippen LogP) is 2.66. The van der Waals surface area contributed by atoms with Crippen molar-refractivity contribution in [3.63, 3.8) is 0 Å². The van der Waals surface area contributed by atoms with Crippen LogP contribution < -0.4 is 5.56 Å². The van der Waals surface area contributed by atoms with E-state index in [1.165, 1.54) is 17.0 Å². The predicted molar refractivity (Wildman–Crippen MR) is 109 cm³/mol. The molecule has 3 heterocycles. The molecule has 2 amide bonds. The molecule has 2 aromatic rings. The van der Waals surface area contributed by atoms with Gasteiger partial charge in [-0.05, 0) is 49.4 Å². The fraction of sp³-hybridized carbons (Fsp3) is 0.455. The summed E-state index contributed by atoms with van der Waals surface area (Å²) in [5.74, 6) is -1.61. The van der Waals surface area contributed by atoms with Gasteiger partial charge in [0.25, 0.3) is 11.5 Å². The van der Waals surface area contributed by atoms with Crippen LogP contribution in [-0.2, 0) is 17.4 Å². The summed E-state index contributed by atoms with van der Waals surface area (Å²) in [6.07, 6.45) is -2.36. The first-order chi connectivity index (χ1) is 15.6. The van der Waals surface area contributed by atoms with Crippen LogP contribution in [-0.4, -0.2) is 57.5 Å². The third-order valence-electron chi connectivity index (χ3n) is 6.24. The number of hydrogen-bond donors (Lipinski definition) is 1. The molecule has 176 valence electrons. The van der Waals surface area contributed by atoms with Crippen molar-refractivity contribution < 1.29 is 27.2 Å². The zero-order valence-corrected chi connectivity index (χ0v) is 17.8. The Labute approximate surface area is 186 Å². The van der Waals surface area contributed by atoms with Gasteiger partial charge in [-0.3, -0.25) is 14.4 Å². The number of piperidine rings is 1. The number of nitrogens with zero attached hydrogens (tertiary/aromatic N) is 3. The van der Waals surface area contributed by atoms with Crippen LogP contribution in [0, 0.1) is 12.7 Å². The number of rotatable bonds is 3. The fourth-order valence-corrected chi connectivity index (χ4v) is 4.54. The molecule has 1 atom stereocenters. The smallest absolute Gasteiger partial charge is 0.336 e. The molecular formula is C22H22F4N4O3. The minimum atomic E-state index is -4.85. The number of aromatic nitrogens is 2. The van der Waals surface area contributed by atoms with Crippen molar-refractivity contribution in [1.29, 1.82) is 0 Å². The SMILES string of the molecule is Cc1c(Cc2ccc(F)c(C(=O)N3CC(=O)N4CCCC[C@H]4C3)c2)n[nH]c(=O)c1C(F)(F)F. The van der Waals surface area contributed by atoms with Crippen LogP contribution in [0.1, 0.15) is 52.0 Å². The number of alkyl halides is 3. The minimum absolute atomic E-state index is 0.0436. The Morgan fingerprint density at radius 1 is 1.24 bits per heavy atom. The molecule has 0 bridgehead atoms. The normalized spacial score (nSPS) is 18.9. The largest absolute Gasteiger partial charge is 0.422 e. The highest BCUT2D eigenvalue weighted by molar-refractivity contribution is 5.97. The molecule has 0 saturated carbocycles. The van der Waals surface area contributed by atoms with E-state index in [1.807, 2.05) is 5.10 Å². The summed E-state index contributed by atoms with van der Waals surface area (Å²) in [6.45, 7) is 1.96. The Hall–Kier alpha value is -3.24. The maximum atomic E-state index is 14.5. The highest BCUT2D eigenvalue weighted by atomic mass is 19.4. The topological polar surface area (TPSA) is 86.4 Å². The number of halogens is 4. The molecule has 0 spiro atoms. The Morgan fingerprint density at radius 2 is 2.00 bits per heavy atom. The zero-order chi connectivity index (χ0) is 23.9. The molecular weight excluding hydrogens is 444 g/mol. The molecule has 0 radical (unpaired) electrons. The maximum Gasteiger partial charge on any atom is 0.422 e. The second-order valence-corrected chi connectivity index (χ2v) is 8.41. The first kappa shape index (κ1) is 22.9. The van der Waals surface area contributed by atoms with Crippen molar-refractivity contribution in [3.05, 3.63) is 62.3 Å². The van der Waals surface area contributed by atoms with Gasteiger partial charge in [0, 0.05) is 25.6 Å². The second-order valence-electron chi connectivity index (χ2n) is 8.41. The monoisotopic (exact) mass is 466 g/mol. The molecule has 2 aliphatic heterocycles. The number of benzene rings is 1. The molecule has 1 aromatic carbocycles. The van der Waals surface area contributed by atoms with E-state index >= 15 is 0 Å². The van der Waals surface area contributed by atoms with E-state index in [2.05, 4.69) is 5.10 Å². The highest BCUT2D eigenvalue weighted by Gasteiger charge is 2.38. The number of carbonyl (C=O) groups is 2. The number of piperazine rings is 1. The second kappa shape index (κ2) is 8.60. The van der Waals surface area contributed by atoms with Gasteiger partial charge in [-0.25, -0.2) is 9.49 Å². The molecule has 0 unspecified atom stereocenters. The summed E-state index contributed by atoms with van der Waals surface area (Å²) in [6, 6.07) is 3.57. The number of hydrogen-bond acceptors (Lipinski definition) is 4. The lowest BCUT2D eigenvalue weighted by molar-refractivity contribution is -0.140. The molecule has 2 aliphatic rings. The minimum Gasteiger partial charge on any atom is -0.336 e. The standard InChI is InChI=1S/C22H22F4N4O3/c1-12-17(27-28-20(32)19(12)22(24,25)26)9-13-5-6-16(23)15(8-13)21(33)29-10-14-4-2-3-7-30(14)18(31)11-29/h5-6,8,14H,2-4,7,9-11H2,1H3,(H,28,32)/t14-/m0/s1. The van der Waals surface area contributed by atoms with E-state index in [9.17, 15) is 31.9 Å². The third kappa shape index (κ3) is 4.49. The number of fused-ring (bicyclic) bond motifs is 1. The van der Waals surface area contributed by atoms with Gasteiger partial charge in [0.05, 0.1) is 11.3 Å². The molecule has 1 N–H and O–H groups in total. The van der Waals surface area contributed by atoms with Gasteiger partial charge in [0.1, 0.15) is 17.9 Å². The lowest BCUT2D eigenvalue weighted by atomic mass is 9.98. The fourth-order valence-electron chi connectivity index (χ4n) is 4.54. The highest BCUT2D eigenvalue weighted by Crippen LogP contribution is 2.30. The van der Waals surface area contributed by atoms with Gasteiger partial charge >= 0.3 is 6.18 Å². The Bertz CT molecular complexity index is 1160. The van der Waals surface area contributed by atoms with Gasteiger partial charge in [-0.15, -0.1) is 0 Å². The quantitative estimate of drug-likeness (QED) is 0.705. The van der Waals surface area contributed by atoms with Crippen LogP contribution in [0.2, 0.25) is 0 Å². The van der Waals surface area contributed by atoms with Gasteiger partial charge < -0.3 is 9.80 Å². The summed E-state index contributed by atoms with van der Waals surface area (Å²) >= 11 is 0. The molecule has 4 rings (SSSR count). The average molecular weight is 466 g/mol. The number of aromatic amines is 1. The van der Waals surface area contributed by atoms with Crippen LogP contribution in [0.4, 0.5) is 17.6 Å². The summed E-state index contributed by atoms with van der Waals surface area (Å²) in [5, 5.41) is 5.56. The molecule has 11 heteroatoms. The van der Waals surface area contributed by atoms with Crippen LogP contribution in [0.15, 0.2) is 23.0 Å². The molecule has 1 aromatic heterocycles. The molecule has 2 fully saturated rings. The Morgan fingerprint density at radius 3 is 2.73 bits per heavy atom. The third-order valence-corrected chi connectivity index (χ3v) is 6.24. The lowest BCUT2D eigenvalue weighted by Gasteiger charge is -2.43. The molecule has 33 heavy (non-hydrogen) atoms. The molecule has 2 saturated heterocycles. The van der Waals surface area contributed by atoms with Crippen molar-refractivity contribution in [2.45, 2.75) is 44.8 Å². The van der Waals surface area contributed by atoms with E-state index in [-0.39, 0.29) is 41.7 Å². The molecule has 7 nitrogen and oxygen atoms in total. The Balaban J connectivity index is 1.60. The van der Waals surface area contributed by atoms with Crippen molar-refractivity contribution in [1.82, 2.24) is 20.0 Å². The van der Waals surface area contributed by atoms with Crippen molar-refractivity contribution in [3.8, 4) is 0 Å². The number of nitrogens with one attached hydrogen (secondary N) is 1. The van der Waals surface area contributed by atoms with Crippen LogP contribution in [0.25, 0.3) is 0 Å². The van der Waals surface area contributed by atoms with Crippen molar-refractivity contribution in [2.24, 2.45) is 0 Å². The first-order valence-electron chi connectivity index (χ1n) is 10.6. The first-order valence-corrected chi connectivity index (χ1v) is 10.6. The van der Waals surface area contributed by atoms with Crippen molar-refractivity contribution >= 4 is 11.8 Å². The van der Waals surface area contributed by atoms with E-state index in [0.717, 1.165) is 32.3 Å². The summed E-state index contributed by atoms with van der Waals surface area (Å²) in [4.78, 5) is 40.2. The average Bonchev–Trinajstić information content (AvgIpc) is 2.75. The van der Waals surface area contributed by atoms with E-state index < -0.39 is 29.0 Å². The van der Waals surface area contributed by atoms with Crippen LogP contribution >= 0.6 is 0 Å². The van der Waals surface area contributed by atoms with Gasteiger partial charge in [-0.1, -0.05) is 6.07 Å². The molecule has 0 aliphatic carbocycles. The zero-order valence-electron chi connectivity index (χ0n) is 17.8. The summed E-state index contributed by atoms with van der Waals surface area (Å²) < 4.78 is 54.2. The lowest BCUT2D eigenvalue weighted by Crippen LogP contribution is -2.59. The van der Waals surface area contributed by atoms with Gasteiger partial charge in [0.15, 0.2) is 0 Å². The van der Waals surface area contributed by atoms with Crippen LogP contribution in [0.3, 0.4) is 0 Å². The summed E-state index contributed by atoms with van der Waals surface area (Å²) in [7, 11) is 0. The van der Waals surface area contributed by atoms with E-state index in [4.69, 9.17) is 0 Å². The van der Waals surface area contributed by atoms with Gasteiger partial charge in [-0.2, -0.15) is 18.3 Å². The number of H-pyrrole nitrogens is 1. The summed E-state index contributed by atoms with van der Waals surface area (Å²) in [5.41, 5.74) is -2.97.